The summed E-state index contributed by atoms with van der Waals surface area (Å²) in [5.74, 6) is 0.834. The lowest BCUT2D eigenvalue weighted by atomic mass is 10.3. The van der Waals surface area contributed by atoms with Crippen molar-refractivity contribution in [3.05, 3.63) is 24.3 Å². The molecule has 0 N–H and O–H groups in total. The van der Waals surface area contributed by atoms with Crippen molar-refractivity contribution in [3.8, 4) is 5.75 Å². The topological polar surface area (TPSA) is 21.6 Å². The van der Waals surface area contributed by atoms with Crippen molar-refractivity contribution in [2.24, 2.45) is 4.36 Å². The molecule has 0 fully saturated rings. The van der Waals surface area contributed by atoms with Crippen molar-refractivity contribution < 1.29 is 4.18 Å². The average molecular weight is 171 g/mol. The summed E-state index contributed by atoms with van der Waals surface area (Å²) in [5, 5.41) is 0. The van der Waals surface area contributed by atoms with E-state index in [2.05, 4.69) is 16.0 Å². The number of hydrogen-bond acceptors (Lipinski definition) is 2. The first-order valence-corrected chi connectivity index (χ1v) is 4.95. The van der Waals surface area contributed by atoms with Gasteiger partial charge in [0.2, 0.25) is 0 Å². The highest BCUT2D eigenvalue weighted by Crippen LogP contribution is 2.34. The summed E-state index contributed by atoms with van der Waals surface area (Å²) in [5.41, 5.74) is 0.904. The monoisotopic (exact) mass is 171 g/mol. The van der Waals surface area contributed by atoms with Gasteiger partial charge in [-0.05, 0) is 12.1 Å². The van der Waals surface area contributed by atoms with Crippen molar-refractivity contribution in [2.45, 2.75) is 0 Å². The van der Waals surface area contributed by atoms with Gasteiger partial charge in [0, 0.05) is 0 Å². The van der Waals surface area contributed by atoms with Crippen LogP contribution in [0.1, 0.15) is 0 Å². The number of fused-ring (bicyclic) bond motifs is 1. The van der Waals surface area contributed by atoms with Crippen LogP contribution in [0.4, 0.5) is 5.69 Å². The van der Waals surface area contributed by atoms with Gasteiger partial charge in [0.05, 0.1) is 0 Å². The molecule has 2 rings (SSSR count). The fourth-order valence-corrected chi connectivity index (χ4v) is 1.95. The third kappa shape index (κ3) is 0.932. The Morgan fingerprint density at radius 3 is 3.00 bits per heavy atom. The molecule has 1 aromatic carbocycles. The van der Waals surface area contributed by atoms with Crippen LogP contribution in [0.2, 0.25) is 0 Å². The maximum atomic E-state index is 5.23. The zero-order valence-electron chi connectivity index (χ0n) is 5.02. The molecule has 0 radical (unpaired) electrons. The third-order valence-electron chi connectivity index (χ3n) is 1.21. The Morgan fingerprint density at radius 1 is 1.40 bits per heavy atom. The third-order valence-corrected chi connectivity index (χ3v) is 2.36. The van der Waals surface area contributed by atoms with Gasteiger partial charge in [0.1, 0.15) is 15.7 Å². The first kappa shape index (κ1) is 6.24. The smallest absolute Gasteiger partial charge is 0.165 e. The zero-order valence-corrected chi connectivity index (χ0v) is 6.73. The molecule has 0 spiro atoms. The maximum Gasteiger partial charge on any atom is 0.165 e. The summed E-state index contributed by atoms with van der Waals surface area (Å²) >= 11 is 4.08. The minimum Gasteiger partial charge on any atom is -0.405 e. The van der Waals surface area contributed by atoms with E-state index in [9.17, 15) is 0 Å². The Morgan fingerprint density at radius 2 is 2.20 bits per heavy atom. The molecule has 1 heterocycles. The fraction of sp³-hybridized carbons (Fsp3) is 0. The number of rotatable bonds is 0. The van der Waals surface area contributed by atoms with E-state index in [-0.39, 0.29) is 0 Å². The predicted molar refractivity (Wildman–Crippen MR) is 45.5 cm³/mol. The lowest BCUT2D eigenvalue weighted by Gasteiger charge is -1.93. The van der Waals surface area contributed by atoms with Crippen LogP contribution in [0.3, 0.4) is 0 Å². The van der Waals surface area contributed by atoms with Gasteiger partial charge < -0.3 is 4.18 Å². The molecule has 1 aromatic rings. The molecule has 0 saturated heterocycles. The van der Waals surface area contributed by atoms with E-state index in [1.54, 1.807) is 0 Å². The van der Waals surface area contributed by atoms with E-state index in [0.717, 1.165) is 11.4 Å². The van der Waals surface area contributed by atoms with E-state index in [4.69, 9.17) is 4.18 Å². The normalized spacial score (nSPS) is 21.1. The highest BCUT2D eigenvalue weighted by atomic mass is 33.1. The molecular weight excluding hydrogens is 166 g/mol. The van der Waals surface area contributed by atoms with Crippen molar-refractivity contribution in [1.29, 1.82) is 0 Å². The summed E-state index contributed by atoms with van der Waals surface area (Å²) in [6.45, 7) is 0. The molecule has 0 bridgehead atoms. The SMILES string of the molecule is SS1=Nc2ccccc2O1. The molecule has 1 atom stereocenters. The van der Waals surface area contributed by atoms with Crippen LogP contribution in [-0.4, -0.2) is 0 Å². The highest BCUT2D eigenvalue weighted by Gasteiger charge is 2.10. The molecule has 10 heavy (non-hydrogen) atoms. The fourth-order valence-electron chi connectivity index (χ4n) is 0.786. The van der Waals surface area contributed by atoms with Gasteiger partial charge in [0.15, 0.2) is 5.75 Å². The van der Waals surface area contributed by atoms with E-state index in [1.165, 1.54) is 0 Å². The summed E-state index contributed by atoms with van der Waals surface area (Å²) in [6, 6.07) is 7.66. The van der Waals surface area contributed by atoms with E-state index in [1.807, 2.05) is 24.3 Å². The van der Waals surface area contributed by atoms with Gasteiger partial charge in [-0.3, -0.25) is 0 Å². The lowest BCUT2D eigenvalue weighted by molar-refractivity contribution is 0.660. The molecule has 52 valence electrons. The molecular formula is C6H5NOS2. The molecule has 0 amide bonds. The molecule has 0 aromatic heterocycles. The Labute approximate surface area is 66.3 Å². The number of thiol groups is 1. The number of benzene rings is 1. The summed E-state index contributed by atoms with van der Waals surface area (Å²) in [7, 11) is -0.550. The molecule has 0 saturated carbocycles. The second-order valence-corrected chi connectivity index (χ2v) is 3.62. The highest BCUT2D eigenvalue weighted by molar-refractivity contribution is 8.59. The molecule has 1 aliphatic rings. The number of hydrogen-bond donors (Lipinski definition) is 1. The average Bonchev–Trinajstić information content (AvgIpc) is 2.27. The summed E-state index contributed by atoms with van der Waals surface area (Å²) in [6.07, 6.45) is 0. The zero-order chi connectivity index (χ0) is 6.97. The largest absolute Gasteiger partial charge is 0.405 e. The number of para-hydroxylation sites is 1. The molecule has 0 aliphatic carbocycles. The van der Waals surface area contributed by atoms with Crippen molar-refractivity contribution in [1.82, 2.24) is 0 Å². The second kappa shape index (κ2) is 2.29. The van der Waals surface area contributed by atoms with Crippen molar-refractivity contribution in [3.63, 3.8) is 0 Å². The minimum absolute atomic E-state index is 0.550. The predicted octanol–water partition coefficient (Wildman–Crippen LogP) is 2.27. The maximum absolute atomic E-state index is 5.23. The quantitative estimate of drug-likeness (QED) is 0.469. The van der Waals surface area contributed by atoms with Crippen LogP contribution >= 0.6 is 11.7 Å². The van der Waals surface area contributed by atoms with Gasteiger partial charge in [-0.15, -0.1) is 0 Å². The standard InChI is InChI=1S/C6H5NOS2/c9-10-7-5-3-1-2-4-6(5)8-10/h1-4H,(H,7,9). The van der Waals surface area contributed by atoms with Gasteiger partial charge in [0.25, 0.3) is 0 Å². The molecule has 4 heteroatoms. The van der Waals surface area contributed by atoms with Crippen molar-refractivity contribution in [2.75, 3.05) is 0 Å². The van der Waals surface area contributed by atoms with Crippen LogP contribution in [0.5, 0.6) is 5.75 Å². The van der Waals surface area contributed by atoms with Crippen LogP contribution in [0, 0.1) is 0 Å². The van der Waals surface area contributed by atoms with Gasteiger partial charge in [-0.1, -0.05) is 23.8 Å². The van der Waals surface area contributed by atoms with Gasteiger partial charge in [-0.25, -0.2) is 0 Å². The van der Waals surface area contributed by atoms with Gasteiger partial charge >= 0.3 is 0 Å². The van der Waals surface area contributed by atoms with E-state index >= 15 is 0 Å². The second-order valence-electron chi connectivity index (χ2n) is 1.87. The molecule has 2 nitrogen and oxygen atoms in total. The summed E-state index contributed by atoms with van der Waals surface area (Å²) in [4.78, 5) is 0. The van der Waals surface area contributed by atoms with Gasteiger partial charge in [-0.2, -0.15) is 4.36 Å². The first-order valence-electron chi connectivity index (χ1n) is 2.79. The first-order chi connectivity index (χ1) is 4.86. The lowest BCUT2D eigenvalue weighted by Crippen LogP contribution is -1.82. The van der Waals surface area contributed by atoms with Crippen LogP contribution < -0.4 is 4.18 Å². The Balaban J connectivity index is 2.54. The van der Waals surface area contributed by atoms with Crippen molar-refractivity contribution >= 4 is 27.4 Å². The minimum atomic E-state index is -0.550. The Kier molecular flexibility index (Phi) is 1.43. The van der Waals surface area contributed by atoms with E-state index in [0.29, 0.717) is 0 Å². The van der Waals surface area contributed by atoms with Crippen LogP contribution in [0.15, 0.2) is 28.6 Å². The number of nitrogens with zero attached hydrogens (tertiary/aromatic N) is 1. The molecule has 1 aliphatic heterocycles. The van der Waals surface area contributed by atoms with Crippen LogP contribution in [0.25, 0.3) is 0 Å². The molecule has 1 unspecified atom stereocenters. The Hall–Kier alpha value is -0.480. The summed E-state index contributed by atoms with van der Waals surface area (Å²) < 4.78 is 9.35. The Bertz CT molecular complexity index is 298. The van der Waals surface area contributed by atoms with E-state index < -0.39 is 10.0 Å². The van der Waals surface area contributed by atoms with Crippen LogP contribution in [-0.2, 0) is 10.0 Å².